The van der Waals surface area contributed by atoms with Crippen LogP contribution in [0.3, 0.4) is 0 Å². The standard InChI is InChI=1S/C13H16N2O2/c1-2-7-14-12-6-4-3-5-11(12)13(17)15-8-10(16)9-15/h2-6,10,14,16H,1,7-9H2. The van der Waals surface area contributed by atoms with E-state index in [1.54, 1.807) is 17.0 Å². The molecule has 2 N–H and O–H groups in total. The minimum absolute atomic E-state index is 0.0394. The number of para-hydroxylation sites is 1. The summed E-state index contributed by atoms with van der Waals surface area (Å²) in [6.07, 6.45) is 1.38. The summed E-state index contributed by atoms with van der Waals surface area (Å²) < 4.78 is 0. The van der Waals surface area contributed by atoms with E-state index < -0.39 is 0 Å². The summed E-state index contributed by atoms with van der Waals surface area (Å²) in [5.41, 5.74) is 1.44. The summed E-state index contributed by atoms with van der Waals surface area (Å²) in [6.45, 7) is 5.10. The number of nitrogens with one attached hydrogen (secondary N) is 1. The predicted molar refractivity (Wildman–Crippen MR) is 67.0 cm³/mol. The smallest absolute Gasteiger partial charge is 0.256 e. The number of rotatable bonds is 4. The van der Waals surface area contributed by atoms with Crippen LogP contribution in [0.25, 0.3) is 0 Å². The van der Waals surface area contributed by atoms with Crippen molar-refractivity contribution < 1.29 is 9.90 Å². The first-order chi connectivity index (χ1) is 8.22. The molecule has 4 heteroatoms. The predicted octanol–water partition coefficient (Wildman–Crippen LogP) is 1.10. The molecule has 4 nitrogen and oxygen atoms in total. The van der Waals surface area contributed by atoms with E-state index in [0.29, 0.717) is 25.2 Å². The van der Waals surface area contributed by atoms with Crippen molar-refractivity contribution in [3.63, 3.8) is 0 Å². The van der Waals surface area contributed by atoms with Crippen LogP contribution < -0.4 is 5.32 Å². The van der Waals surface area contributed by atoms with Crippen LogP contribution in [-0.4, -0.2) is 41.7 Å². The lowest BCUT2D eigenvalue weighted by Crippen LogP contribution is -2.53. The van der Waals surface area contributed by atoms with Crippen molar-refractivity contribution in [2.24, 2.45) is 0 Å². The maximum Gasteiger partial charge on any atom is 0.256 e. The largest absolute Gasteiger partial charge is 0.389 e. The lowest BCUT2D eigenvalue weighted by Gasteiger charge is -2.36. The molecular formula is C13H16N2O2. The first-order valence-corrected chi connectivity index (χ1v) is 5.63. The van der Waals surface area contributed by atoms with Crippen LogP contribution in [-0.2, 0) is 0 Å². The molecule has 0 saturated carbocycles. The van der Waals surface area contributed by atoms with Crippen LogP contribution >= 0.6 is 0 Å². The van der Waals surface area contributed by atoms with Gasteiger partial charge in [-0.3, -0.25) is 4.79 Å². The number of aliphatic hydroxyl groups excluding tert-OH is 1. The lowest BCUT2D eigenvalue weighted by molar-refractivity contribution is 0.00596. The Bertz CT molecular complexity index is 425. The fraction of sp³-hybridized carbons (Fsp3) is 0.308. The van der Waals surface area contributed by atoms with E-state index in [-0.39, 0.29) is 12.0 Å². The highest BCUT2D eigenvalue weighted by atomic mass is 16.3. The van der Waals surface area contributed by atoms with E-state index in [2.05, 4.69) is 11.9 Å². The van der Waals surface area contributed by atoms with Gasteiger partial charge < -0.3 is 15.3 Å². The number of aliphatic hydroxyl groups is 1. The van der Waals surface area contributed by atoms with Gasteiger partial charge in [0.05, 0.1) is 11.7 Å². The van der Waals surface area contributed by atoms with Gasteiger partial charge in [-0.2, -0.15) is 0 Å². The molecule has 1 aromatic rings. The normalized spacial score (nSPS) is 15.2. The number of anilines is 1. The molecule has 90 valence electrons. The first kappa shape index (κ1) is 11.7. The quantitative estimate of drug-likeness (QED) is 0.764. The second-order valence-electron chi connectivity index (χ2n) is 4.08. The molecule has 1 aliphatic rings. The number of nitrogens with zero attached hydrogens (tertiary/aromatic N) is 1. The summed E-state index contributed by atoms with van der Waals surface area (Å²) in [7, 11) is 0. The Balaban J connectivity index is 2.13. The molecule has 0 aliphatic carbocycles. The molecule has 0 unspecified atom stereocenters. The van der Waals surface area contributed by atoms with Gasteiger partial charge in [0.1, 0.15) is 0 Å². The zero-order chi connectivity index (χ0) is 12.3. The summed E-state index contributed by atoms with van der Waals surface area (Å²) >= 11 is 0. The SMILES string of the molecule is C=CCNc1ccccc1C(=O)N1CC(O)C1. The number of carbonyl (C=O) groups excluding carboxylic acids is 1. The lowest BCUT2D eigenvalue weighted by atomic mass is 10.1. The number of likely N-dealkylation sites (tertiary alicyclic amines) is 1. The molecule has 0 radical (unpaired) electrons. The Morgan fingerprint density at radius 3 is 2.88 bits per heavy atom. The Hall–Kier alpha value is -1.81. The van der Waals surface area contributed by atoms with Gasteiger partial charge in [-0.15, -0.1) is 6.58 Å². The van der Waals surface area contributed by atoms with Crippen molar-refractivity contribution in [3.8, 4) is 0 Å². The van der Waals surface area contributed by atoms with Crippen molar-refractivity contribution >= 4 is 11.6 Å². The average molecular weight is 232 g/mol. The van der Waals surface area contributed by atoms with Gasteiger partial charge >= 0.3 is 0 Å². The fourth-order valence-electron chi connectivity index (χ4n) is 1.80. The number of hydrogen-bond donors (Lipinski definition) is 2. The number of β-amino-alcohol motifs (C(OH)–C–C–N with tert-alkyl or cyclic N) is 1. The highest BCUT2D eigenvalue weighted by Gasteiger charge is 2.30. The zero-order valence-corrected chi connectivity index (χ0v) is 9.60. The summed E-state index contributed by atoms with van der Waals surface area (Å²) in [6, 6.07) is 7.38. The van der Waals surface area contributed by atoms with E-state index in [4.69, 9.17) is 0 Å². The molecule has 0 spiro atoms. The third-order valence-corrected chi connectivity index (χ3v) is 2.74. The van der Waals surface area contributed by atoms with Gasteiger partial charge in [0.15, 0.2) is 0 Å². The monoisotopic (exact) mass is 232 g/mol. The van der Waals surface area contributed by atoms with Crippen molar-refractivity contribution in [2.45, 2.75) is 6.10 Å². The number of benzene rings is 1. The Morgan fingerprint density at radius 2 is 2.24 bits per heavy atom. The van der Waals surface area contributed by atoms with Gasteiger partial charge in [0.2, 0.25) is 0 Å². The second kappa shape index (κ2) is 5.01. The minimum atomic E-state index is -0.368. The maximum atomic E-state index is 12.1. The molecule has 0 atom stereocenters. The zero-order valence-electron chi connectivity index (χ0n) is 9.60. The third-order valence-electron chi connectivity index (χ3n) is 2.74. The molecule has 1 heterocycles. The fourth-order valence-corrected chi connectivity index (χ4v) is 1.80. The van der Waals surface area contributed by atoms with E-state index in [1.807, 2.05) is 18.2 Å². The van der Waals surface area contributed by atoms with Crippen LogP contribution in [0.4, 0.5) is 5.69 Å². The van der Waals surface area contributed by atoms with Gasteiger partial charge in [-0.05, 0) is 12.1 Å². The van der Waals surface area contributed by atoms with Crippen LogP contribution in [0, 0.1) is 0 Å². The molecular weight excluding hydrogens is 216 g/mol. The number of carbonyl (C=O) groups is 1. The molecule has 2 rings (SSSR count). The van der Waals surface area contributed by atoms with Gasteiger partial charge in [-0.1, -0.05) is 18.2 Å². The highest BCUT2D eigenvalue weighted by molar-refractivity contribution is 6.00. The van der Waals surface area contributed by atoms with E-state index >= 15 is 0 Å². The minimum Gasteiger partial charge on any atom is -0.389 e. The molecule has 0 bridgehead atoms. The highest BCUT2D eigenvalue weighted by Crippen LogP contribution is 2.20. The summed E-state index contributed by atoms with van der Waals surface area (Å²) in [5.74, 6) is -0.0394. The molecule has 1 amide bonds. The van der Waals surface area contributed by atoms with Crippen molar-refractivity contribution in [1.82, 2.24) is 4.90 Å². The maximum absolute atomic E-state index is 12.1. The van der Waals surface area contributed by atoms with Crippen molar-refractivity contribution in [2.75, 3.05) is 25.0 Å². The number of amides is 1. The van der Waals surface area contributed by atoms with Gasteiger partial charge in [0, 0.05) is 25.3 Å². The Morgan fingerprint density at radius 1 is 1.53 bits per heavy atom. The molecule has 17 heavy (non-hydrogen) atoms. The van der Waals surface area contributed by atoms with E-state index in [0.717, 1.165) is 5.69 Å². The molecule has 1 fully saturated rings. The number of hydrogen-bond acceptors (Lipinski definition) is 3. The first-order valence-electron chi connectivity index (χ1n) is 5.63. The van der Waals surface area contributed by atoms with Gasteiger partial charge in [0.25, 0.3) is 5.91 Å². The molecule has 1 aliphatic heterocycles. The Kier molecular flexibility index (Phi) is 3.44. The van der Waals surface area contributed by atoms with Crippen LogP contribution in [0.15, 0.2) is 36.9 Å². The van der Waals surface area contributed by atoms with Crippen LogP contribution in [0.1, 0.15) is 10.4 Å². The molecule has 1 saturated heterocycles. The summed E-state index contributed by atoms with van der Waals surface area (Å²) in [4.78, 5) is 13.7. The van der Waals surface area contributed by atoms with Crippen LogP contribution in [0.2, 0.25) is 0 Å². The third kappa shape index (κ3) is 2.47. The molecule has 0 aromatic heterocycles. The summed E-state index contributed by atoms with van der Waals surface area (Å²) in [5, 5.41) is 12.3. The van der Waals surface area contributed by atoms with Crippen molar-refractivity contribution in [3.05, 3.63) is 42.5 Å². The van der Waals surface area contributed by atoms with Crippen LogP contribution in [0.5, 0.6) is 0 Å². The topological polar surface area (TPSA) is 52.6 Å². The second-order valence-corrected chi connectivity index (χ2v) is 4.08. The van der Waals surface area contributed by atoms with Gasteiger partial charge in [-0.25, -0.2) is 0 Å². The van der Waals surface area contributed by atoms with E-state index in [9.17, 15) is 9.90 Å². The Labute approximate surface area is 101 Å². The van der Waals surface area contributed by atoms with Crippen molar-refractivity contribution in [1.29, 1.82) is 0 Å². The van der Waals surface area contributed by atoms with E-state index in [1.165, 1.54) is 0 Å². The molecule has 1 aromatic carbocycles. The average Bonchev–Trinajstić information content (AvgIpc) is 2.32.